The van der Waals surface area contributed by atoms with Crippen molar-refractivity contribution in [2.45, 2.75) is 37.8 Å². The van der Waals surface area contributed by atoms with Crippen LogP contribution in [0.2, 0.25) is 5.15 Å². The maximum atomic E-state index is 12.1. The normalized spacial score (nSPS) is 22.3. The summed E-state index contributed by atoms with van der Waals surface area (Å²) in [6.45, 7) is 0. The first-order valence-electron chi connectivity index (χ1n) is 6.26. The lowest BCUT2D eigenvalue weighted by Gasteiger charge is -2.26. The van der Waals surface area contributed by atoms with Gasteiger partial charge in [0.25, 0.3) is 11.6 Å². The number of aliphatic hydroxyl groups is 1. The molecule has 1 aromatic heterocycles. The molecule has 0 saturated heterocycles. The Morgan fingerprint density at radius 3 is 2.95 bits per heavy atom. The third-order valence-corrected chi connectivity index (χ3v) is 3.56. The minimum atomic E-state index is -0.634. The van der Waals surface area contributed by atoms with Crippen molar-refractivity contribution < 1.29 is 14.8 Å². The van der Waals surface area contributed by atoms with Crippen molar-refractivity contribution in [2.75, 3.05) is 0 Å². The van der Waals surface area contributed by atoms with Crippen molar-refractivity contribution in [3.63, 3.8) is 0 Å². The summed E-state index contributed by atoms with van der Waals surface area (Å²) in [7, 11) is 0. The van der Waals surface area contributed by atoms with Crippen LogP contribution in [-0.2, 0) is 0 Å². The van der Waals surface area contributed by atoms with Crippen LogP contribution in [0.1, 0.15) is 36.0 Å². The Kier molecular flexibility index (Phi) is 4.51. The largest absolute Gasteiger partial charge is 0.393 e. The predicted octanol–water partition coefficient (Wildman–Crippen LogP) is 1.68. The van der Waals surface area contributed by atoms with Gasteiger partial charge < -0.3 is 10.4 Å². The maximum absolute atomic E-state index is 12.1. The molecule has 1 aliphatic carbocycles. The van der Waals surface area contributed by atoms with Crippen molar-refractivity contribution in [3.8, 4) is 0 Å². The SMILES string of the molecule is O=C(NC1CCCC(O)C1)c1cc([N+](=O)[O-])cnc1Cl. The number of nitro groups is 1. The van der Waals surface area contributed by atoms with Gasteiger partial charge in [0, 0.05) is 12.1 Å². The Morgan fingerprint density at radius 2 is 2.30 bits per heavy atom. The first kappa shape index (κ1) is 14.7. The van der Waals surface area contributed by atoms with Crippen LogP contribution < -0.4 is 5.32 Å². The van der Waals surface area contributed by atoms with Crippen LogP contribution in [0.25, 0.3) is 0 Å². The van der Waals surface area contributed by atoms with E-state index in [1.165, 1.54) is 0 Å². The molecular formula is C12H14ClN3O4. The van der Waals surface area contributed by atoms with Crippen LogP contribution in [0.4, 0.5) is 5.69 Å². The Labute approximate surface area is 120 Å². The average Bonchev–Trinajstić information content (AvgIpc) is 2.38. The van der Waals surface area contributed by atoms with Gasteiger partial charge in [-0.05, 0) is 25.7 Å². The van der Waals surface area contributed by atoms with E-state index in [0.717, 1.165) is 31.5 Å². The van der Waals surface area contributed by atoms with Gasteiger partial charge in [-0.15, -0.1) is 0 Å². The molecule has 0 bridgehead atoms. The third kappa shape index (κ3) is 3.43. The van der Waals surface area contributed by atoms with E-state index in [4.69, 9.17) is 11.6 Å². The Morgan fingerprint density at radius 1 is 1.55 bits per heavy atom. The fraction of sp³-hybridized carbons (Fsp3) is 0.500. The van der Waals surface area contributed by atoms with Crippen molar-refractivity contribution in [3.05, 3.63) is 33.1 Å². The van der Waals surface area contributed by atoms with Gasteiger partial charge in [0.1, 0.15) is 11.3 Å². The lowest BCUT2D eigenvalue weighted by Crippen LogP contribution is -2.39. The highest BCUT2D eigenvalue weighted by Crippen LogP contribution is 2.22. The summed E-state index contributed by atoms with van der Waals surface area (Å²) in [6, 6.07) is 0.950. The van der Waals surface area contributed by atoms with Crippen LogP contribution in [0.3, 0.4) is 0 Å². The fourth-order valence-corrected chi connectivity index (χ4v) is 2.44. The zero-order valence-corrected chi connectivity index (χ0v) is 11.3. The highest BCUT2D eigenvalue weighted by molar-refractivity contribution is 6.32. The Balaban J connectivity index is 2.12. The average molecular weight is 300 g/mol. The number of rotatable bonds is 3. The smallest absolute Gasteiger partial charge is 0.288 e. The zero-order valence-electron chi connectivity index (χ0n) is 10.6. The molecule has 0 aliphatic heterocycles. The van der Waals surface area contributed by atoms with Crippen molar-refractivity contribution in [1.82, 2.24) is 10.3 Å². The van der Waals surface area contributed by atoms with Gasteiger partial charge in [0.2, 0.25) is 0 Å². The number of aromatic nitrogens is 1. The fourth-order valence-electron chi connectivity index (χ4n) is 2.25. The van der Waals surface area contributed by atoms with E-state index in [1.54, 1.807) is 0 Å². The second-order valence-electron chi connectivity index (χ2n) is 4.78. The molecule has 0 spiro atoms. The highest BCUT2D eigenvalue weighted by Gasteiger charge is 2.24. The van der Waals surface area contributed by atoms with Gasteiger partial charge in [-0.25, -0.2) is 4.98 Å². The van der Waals surface area contributed by atoms with Crippen LogP contribution in [-0.4, -0.2) is 33.1 Å². The summed E-state index contributed by atoms with van der Waals surface area (Å²) in [5, 5.41) is 22.9. The third-order valence-electron chi connectivity index (χ3n) is 3.26. The van der Waals surface area contributed by atoms with E-state index in [2.05, 4.69) is 10.3 Å². The molecule has 2 unspecified atom stereocenters. The van der Waals surface area contributed by atoms with Crippen LogP contribution in [0, 0.1) is 10.1 Å². The quantitative estimate of drug-likeness (QED) is 0.502. The van der Waals surface area contributed by atoms with E-state index in [-0.39, 0.29) is 22.4 Å². The van der Waals surface area contributed by atoms with E-state index < -0.39 is 16.9 Å². The summed E-state index contributed by atoms with van der Waals surface area (Å²) in [5.74, 6) is -0.509. The van der Waals surface area contributed by atoms with Gasteiger partial charge in [0.05, 0.1) is 16.6 Å². The number of pyridine rings is 1. The van der Waals surface area contributed by atoms with Crippen molar-refractivity contribution in [2.24, 2.45) is 0 Å². The van der Waals surface area contributed by atoms with E-state index >= 15 is 0 Å². The second-order valence-corrected chi connectivity index (χ2v) is 5.14. The number of halogens is 1. The molecule has 108 valence electrons. The first-order valence-corrected chi connectivity index (χ1v) is 6.64. The number of carbonyl (C=O) groups excluding carboxylic acids is 1. The van der Waals surface area contributed by atoms with Crippen LogP contribution in [0.5, 0.6) is 0 Å². The lowest BCUT2D eigenvalue weighted by molar-refractivity contribution is -0.385. The summed E-state index contributed by atoms with van der Waals surface area (Å²) >= 11 is 5.80. The number of nitrogens with zero attached hydrogens (tertiary/aromatic N) is 2. The maximum Gasteiger partial charge on any atom is 0.288 e. The van der Waals surface area contributed by atoms with E-state index in [1.807, 2.05) is 0 Å². The van der Waals surface area contributed by atoms with Gasteiger partial charge in [-0.3, -0.25) is 14.9 Å². The molecule has 1 saturated carbocycles. The molecule has 1 heterocycles. The van der Waals surface area contributed by atoms with Gasteiger partial charge in [0.15, 0.2) is 0 Å². The van der Waals surface area contributed by atoms with Gasteiger partial charge in [-0.1, -0.05) is 11.6 Å². The lowest BCUT2D eigenvalue weighted by atomic mass is 9.93. The van der Waals surface area contributed by atoms with E-state index in [0.29, 0.717) is 6.42 Å². The number of hydrogen-bond acceptors (Lipinski definition) is 5. The summed E-state index contributed by atoms with van der Waals surface area (Å²) in [5.41, 5.74) is -0.316. The molecule has 1 aromatic rings. The van der Waals surface area contributed by atoms with Crippen LogP contribution in [0.15, 0.2) is 12.3 Å². The number of nitrogens with one attached hydrogen (secondary N) is 1. The molecule has 1 fully saturated rings. The molecule has 1 aliphatic rings. The number of amides is 1. The molecular weight excluding hydrogens is 286 g/mol. The van der Waals surface area contributed by atoms with Gasteiger partial charge >= 0.3 is 0 Å². The molecule has 20 heavy (non-hydrogen) atoms. The molecule has 8 heteroatoms. The monoisotopic (exact) mass is 299 g/mol. The van der Waals surface area contributed by atoms with E-state index in [9.17, 15) is 20.0 Å². The van der Waals surface area contributed by atoms with Crippen molar-refractivity contribution in [1.29, 1.82) is 0 Å². The van der Waals surface area contributed by atoms with Crippen LogP contribution >= 0.6 is 11.6 Å². The molecule has 2 rings (SSSR count). The number of hydrogen-bond donors (Lipinski definition) is 2. The Bertz CT molecular complexity index is 537. The second kappa shape index (κ2) is 6.15. The standard InChI is InChI=1S/C12H14ClN3O4/c13-11-10(5-8(6-14-11)16(19)20)12(18)15-7-2-1-3-9(17)4-7/h5-7,9,17H,1-4H2,(H,15,18). The first-order chi connectivity index (χ1) is 9.47. The molecule has 2 atom stereocenters. The molecule has 1 amide bonds. The van der Waals surface area contributed by atoms with Crippen molar-refractivity contribution >= 4 is 23.2 Å². The summed E-state index contributed by atoms with van der Waals surface area (Å²) in [6.07, 6.45) is 3.38. The minimum absolute atomic E-state index is 0.0269. The molecule has 2 N–H and O–H groups in total. The summed E-state index contributed by atoms with van der Waals surface area (Å²) in [4.78, 5) is 25.8. The topological polar surface area (TPSA) is 105 Å². The minimum Gasteiger partial charge on any atom is -0.393 e. The highest BCUT2D eigenvalue weighted by atomic mass is 35.5. The Hall–Kier alpha value is -1.73. The number of aliphatic hydroxyl groups excluding tert-OH is 1. The summed E-state index contributed by atoms with van der Waals surface area (Å²) < 4.78 is 0. The van der Waals surface area contributed by atoms with Gasteiger partial charge in [-0.2, -0.15) is 0 Å². The predicted molar refractivity (Wildman–Crippen MR) is 71.6 cm³/mol. The molecule has 0 radical (unpaired) electrons. The molecule has 0 aromatic carbocycles. The number of carbonyl (C=O) groups is 1. The molecule has 7 nitrogen and oxygen atoms in total. The zero-order chi connectivity index (χ0) is 14.7.